The normalized spacial score (nSPS) is 10.9. The number of aromatic nitrogens is 2. The minimum atomic E-state index is -0.615. The molecule has 0 saturated carbocycles. The fourth-order valence-corrected chi connectivity index (χ4v) is 4.26. The first-order valence-corrected chi connectivity index (χ1v) is 12.4. The van der Waals surface area contributed by atoms with Crippen molar-refractivity contribution >= 4 is 28.4 Å². The largest absolute Gasteiger partial charge is 0.356 e. The van der Waals surface area contributed by atoms with Crippen molar-refractivity contribution in [3.05, 3.63) is 105 Å². The number of hydrogen-bond donors (Lipinski definition) is 2. The van der Waals surface area contributed by atoms with Gasteiger partial charge in [0.15, 0.2) is 0 Å². The van der Waals surface area contributed by atoms with Crippen LogP contribution >= 0.6 is 0 Å². The molecule has 0 bridgehead atoms. The van der Waals surface area contributed by atoms with Gasteiger partial charge in [0, 0.05) is 12.2 Å². The van der Waals surface area contributed by atoms with Crippen molar-refractivity contribution in [3.8, 4) is 5.69 Å². The van der Waals surface area contributed by atoms with Gasteiger partial charge in [0.25, 0.3) is 5.56 Å². The smallest absolute Gasteiger partial charge is 0.336 e. The maximum absolute atomic E-state index is 13.6. The summed E-state index contributed by atoms with van der Waals surface area (Å²) in [5.74, 6) is -0.456. The van der Waals surface area contributed by atoms with Gasteiger partial charge in [-0.3, -0.25) is 19.0 Å². The molecular formula is C29H30N4O4. The van der Waals surface area contributed by atoms with Crippen LogP contribution in [0.25, 0.3) is 16.6 Å². The van der Waals surface area contributed by atoms with Crippen LogP contribution in [0, 0.1) is 0 Å². The Hall–Kier alpha value is -4.46. The Bertz CT molecular complexity index is 1550. The van der Waals surface area contributed by atoms with Crippen molar-refractivity contribution in [1.82, 2.24) is 14.5 Å². The SMILES string of the molecule is CCCNC(=O)Cc1ccc(-n2c(=O)c3ccccc3n(CC(=O)Nc3ccccc3CC)c2=O)cc1. The number of hydrogen-bond acceptors (Lipinski definition) is 4. The predicted molar refractivity (Wildman–Crippen MR) is 145 cm³/mol. The van der Waals surface area contributed by atoms with E-state index < -0.39 is 11.2 Å². The summed E-state index contributed by atoms with van der Waals surface area (Å²) in [6.45, 7) is 4.34. The van der Waals surface area contributed by atoms with Gasteiger partial charge in [0.1, 0.15) is 6.54 Å². The average molecular weight is 499 g/mol. The Kier molecular flexibility index (Phi) is 7.98. The van der Waals surface area contributed by atoms with Crippen molar-refractivity contribution in [2.24, 2.45) is 0 Å². The van der Waals surface area contributed by atoms with Crippen molar-refractivity contribution in [1.29, 1.82) is 0 Å². The number of rotatable bonds is 9. The minimum absolute atomic E-state index is 0.0875. The fourth-order valence-electron chi connectivity index (χ4n) is 4.26. The molecule has 2 amide bonds. The van der Waals surface area contributed by atoms with E-state index in [4.69, 9.17) is 0 Å². The molecule has 3 aromatic carbocycles. The highest BCUT2D eigenvalue weighted by molar-refractivity contribution is 5.92. The lowest BCUT2D eigenvalue weighted by Gasteiger charge is -2.15. The van der Waals surface area contributed by atoms with Crippen molar-refractivity contribution in [2.45, 2.75) is 39.7 Å². The first kappa shape index (κ1) is 25.6. The number of carbonyl (C=O) groups is 2. The second kappa shape index (κ2) is 11.5. The van der Waals surface area contributed by atoms with Crippen LogP contribution < -0.4 is 21.9 Å². The van der Waals surface area contributed by atoms with Crippen molar-refractivity contribution in [3.63, 3.8) is 0 Å². The van der Waals surface area contributed by atoms with Gasteiger partial charge in [0.2, 0.25) is 11.8 Å². The molecule has 8 heteroatoms. The van der Waals surface area contributed by atoms with Crippen molar-refractivity contribution < 1.29 is 9.59 Å². The number of aryl methyl sites for hydroxylation is 1. The summed E-state index contributed by atoms with van der Waals surface area (Å²) in [7, 11) is 0. The summed E-state index contributed by atoms with van der Waals surface area (Å²) in [6.07, 6.45) is 1.81. The van der Waals surface area contributed by atoms with E-state index in [9.17, 15) is 19.2 Å². The number of carbonyl (C=O) groups excluding carboxylic acids is 2. The summed E-state index contributed by atoms with van der Waals surface area (Å²) in [4.78, 5) is 52.0. The van der Waals surface area contributed by atoms with Crippen LogP contribution in [-0.4, -0.2) is 27.5 Å². The number of nitrogens with one attached hydrogen (secondary N) is 2. The molecular weight excluding hydrogens is 468 g/mol. The molecule has 0 fully saturated rings. The molecule has 190 valence electrons. The van der Waals surface area contributed by atoms with E-state index in [1.54, 1.807) is 48.5 Å². The third-order valence-corrected chi connectivity index (χ3v) is 6.16. The second-order valence-corrected chi connectivity index (χ2v) is 8.78. The average Bonchev–Trinajstić information content (AvgIpc) is 2.91. The number of para-hydroxylation sites is 2. The van der Waals surface area contributed by atoms with Crippen LogP contribution in [-0.2, 0) is 29.0 Å². The van der Waals surface area contributed by atoms with E-state index in [-0.39, 0.29) is 24.8 Å². The highest BCUT2D eigenvalue weighted by Gasteiger charge is 2.17. The van der Waals surface area contributed by atoms with Crippen LogP contribution in [0.3, 0.4) is 0 Å². The quantitative estimate of drug-likeness (QED) is 0.369. The molecule has 0 spiro atoms. The molecule has 0 atom stereocenters. The summed E-state index contributed by atoms with van der Waals surface area (Å²) in [6, 6.07) is 21.0. The lowest BCUT2D eigenvalue weighted by molar-refractivity contribution is -0.120. The first-order valence-electron chi connectivity index (χ1n) is 12.4. The summed E-state index contributed by atoms with van der Waals surface area (Å²) in [5, 5.41) is 6.05. The lowest BCUT2D eigenvalue weighted by Crippen LogP contribution is -2.40. The monoisotopic (exact) mass is 498 g/mol. The zero-order valence-electron chi connectivity index (χ0n) is 21.0. The molecule has 0 aliphatic rings. The molecule has 37 heavy (non-hydrogen) atoms. The van der Waals surface area contributed by atoms with Gasteiger partial charge in [-0.15, -0.1) is 0 Å². The van der Waals surface area contributed by atoms with Gasteiger partial charge in [-0.05, 0) is 54.3 Å². The highest BCUT2D eigenvalue weighted by Crippen LogP contribution is 2.16. The molecule has 2 N–H and O–H groups in total. The molecule has 4 aromatic rings. The third-order valence-electron chi connectivity index (χ3n) is 6.16. The third kappa shape index (κ3) is 5.69. The Morgan fingerprint density at radius 1 is 0.838 bits per heavy atom. The molecule has 0 aliphatic carbocycles. The fraction of sp³-hybridized carbons (Fsp3) is 0.241. The number of benzene rings is 3. The predicted octanol–water partition coefficient (Wildman–Crippen LogP) is 3.42. The molecule has 0 aliphatic heterocycles. The van der Waals surface area contributed by atoms with E-state index in [2.05, 4.69) is 10.6 Å². The van der Waals surface area contributed by atoms with E-state index in [0.29, 0.717) is 28.8 Å². The zero-order valence-corrected chi connectivity index (χ0v) is 21.0. The lowest BCUT2D eigenvalue weighted by atomic mass is 10.1. The standard InChI is InChI=1S/C29H30N4O4/c1-3-17-30-26(34)18-20-13-15-22(16-14-20)33-28(36)23-10-6-8-12-25(23)32(29(33)37)19-27(35)31-24-11-7-5-9-21(24)4-2/h5-16H,3-4,17-19H2,1-2H3,(H,30,34)(H,31,35). The van der Waals surface area contributed by atoms with E-state index >= 15 is 0 Å². The van der Waals surface area contributed by atoms with Gasteiger partial charge in [-0.25, -0.2) is 9.36 Å². The maximum atomic E-state index is 13.6. The Labute approximate surface area is 214 Å². The highest BCUT2D eigenvalue weighted by atomic mass is 16.2. The summed E-state index contributed by atoms with van der Waals surface area (Å²) < 4.78 is 2.38. The number of anilines is 1. The van der Waals surface area contributed by atoms with Crippen LogP contribution in [0.15, 0.2) is 82.4 Å². The topological polar surface area (TPSA) is 102 Å². The maximum Gasteiger partial charge on any atom is 0.336 e. The Morgan fingerprint density at radius 2 is 1.54 bits per heavy atom. The van der Waals surface area contributed by atoms with Gasteiger partial charge < -0.3 is 10.6 Å². The second-order valence-electron chi connectivity index (χ2n) is 8.78. The van der Waals surface area contributed by atoms with E-state index in [0.717, 1.165) is 28.5 Å². The Morgan fingerprint density at radius 3 is 2.27 bits per heavy atom. The van der Waals surface area contributed by atoms with E-state index in [1.807, 2.05) is 38.1 Å². The molecule has 4 rings (SSSR count). The minimum Gasteiger partial charge on any atom is -0.356 e. The number of nitrogens with zero attached hydrogens (tertiary/aromatic N) is 2. The number of amides is 2. The zero-order chi connectivity index (χ0) is 26.4. The van der Waals surface area contributed by atoms with Gasteiger partial charge >= 0.3 is 5.69 Å². The van der Waals surface area contributed by atoms with Gasteiger partial charge in [0.05, 0.1) is 23.0 Å². The molecule has 0 saturated heterocycles. The molecule has 8 nitrogen and oxygen atoms in total. The molecule has 0 radical (unpaired) electrons. The summed E-state index contributed by atoms with van der Waals surface area (Å²) in [5.41, 5.74) is 2.11. The van der Waals surface area contributed by atoms with Crippen LogP contribution in [0.1, 0.15) is 31.4 Å². The van der Waals surface area contributed by atoms with Crippen molar-refractivity contribution in [2.75, 3.05) is 11.9 Å². The van der Waals surface area contributed by atoms with Crippen LogP contribution in [0.2, 0.25) is 0 Å². The van der Waals surface area contributed by atoms with Crippen LogP contribution in [0.5, 0.6) is 0 Å². The molecule has 1 aromatic heterocycles. The molecule has 1 heterocycles. The van der Waals surface area contributed by atoms with E-state index in [1.165, 1.54) is 4.57 Å². The Balaban J connectivity index is 1.70. The first-order chi connectivity index (χ1) is 17.9. The number of fused-ring (bicyclic) bond motifs is 1. The van der Waals surface area contributed by atoms with Crippen LogP contribution in [0.4, 0.5) is 5.69 Å². The van der Waals surface area contributed by atoms with Gasteiger partial charge in [-0.1, -0.05) is 56.3 Å². The van der Waals surface area contributed by atoms with Gasteiger partial charge in [-0.2, -0.15) is 0 Å². The summed E-state index contributed by atoms with van der Waals surface area (Å²) >= 11 is 0. The molecule has 0 unspecified atom stereocenters.